The smallest absolute Gasteiger partial charge is 0.141 e. The molecule has 2 aromatic carbocycles. The minimum absolute atomic E-state index is 0.000311. The van der Waals surface area contributed by atoms with Crippen molar-refractivity contribution in [1.82, 2.24) is 20.2 Å². The number of nitrogens with one attached hydrogen (secondary N) is 2. The minimum Gasteiger partial charge on any atom is -0.340 e. The summed E-state index contributed by atoms with van der Waals surface area (Å²) in [5.41, 5.74) is 1.80. The summed E-state index contributed by atoms with van der Waals surface area (Å²) >= 11 is 5.83. The van der Waals surface area contributed by atoms with Crippen LogP contribution in [0.4, 0.5) is 20.3 Å². The van der Waals surface area contributed by atoms with Gasteiger partial charge >= 0.3 is 0 Å². The lowest BCUT2D eigenvalue weighted by Crippen LogP contribution is -2.44. The molecule has 0 amide bonds. The Bertz CT molecular complexity index is 997. The second kappa shape index (κ2) is 7.34. The summed E-state index contributed by atoms with van der Waals surface area (Å²) < 4.78 is 28.3. The molecule has 0 saturated carbocycles. The third-order valence-corrected chi connectivity index (χ3v) is 5.10. The Morgan fingerprint density at radius 2 is 2.04 bits per heavy atom. The van der Waals surface area contributed by atoms with Gasteiger partial charge in [-0.05, 0) is 37.4 Å². The van der Waals surface area contributed by atoms with E-state index in [1.807, 2.05) is 7.05 Å². The highest BCUT2D eigenvalue weighted by Crippen LogP contribution is 2.31. The van der Waals surface area contributed by atoms with E-state index in [0.29, 0.717) is 34.5 Å². The highest BCUT2D eigenvalue weighted by Gasteiger charge is 2.24. The van der Waals surface area contributed by atoms with E-state index in [1.54, 1.807) is 12.1 Å². The van der Waals surface area contributed by atoms with E-state index in [-0.39, 0.29) is 16.9 Å². The summed E-state index contributed by atoms with van der Waals surface area (Å²) in [6, 6.07) is 7.42. The number of rotatable bonds is 3. The van der Waals surface area contributed by atoms with Gasteiger partial charge in [-0.15, -0.1) is 0 Å². The third kappa shape index (κ3) is 3.58. The number of likely N-dealkylation sites (N-methyl/N-ethyl adjacent to an activating group) is 1. The molecule has 1 atom stereocenters. The molecule has 0 bridgehead atoms. The molecule has 2 heterocycles. The van der Waals surface area contributed by atoms with Crippen molar-refractivity contribution < 1.29 is 8.78 Å². The molecule has 27 heavy (non-hydrogen) atoms. The molecule has 0 spiro atoms. The number of halogens is 3. The number of anilines is 2. The zero-order valence-corrected chi connectivity index (χ0v) is 15.4. The number of hydrogen-bond acceptors (Lipinski definition) is 5. The fourth-order valence-corrected chi connectivity index (χ4v) is 3.49. The zero-order valence-electron chi connectivity index (χ0n) is 14.6. The molecule has 1 aromatic heterocycles. The largest absolute Gasteiger partial charge is 0.340 e. The Hall–Kier alpha value is -2.35. The van der Waals surface area contributed by atoms with Gasteiger partial charge in [-0.25, -0.2) is 18.7 Å². The zero-order chi connectivity index (χ0) is 19.0. The second-order valence-corrected chi connectivity index (χ2v) is 6.97. The predicted molar refractivity (Wildman–Crippen MR) is 102 cm³/mol. The fourth-order valence-electron chi connectivity index (χ4n) is 3.31. The number of fused-ring (bicyclic) bond motifs is 1. The van der Waals surface area contributed by atoms with Crippen LogP contribution in [-0.4, -0.2) is 41.5 Å². The topological polar surface area (TPSA) is 53.1 Å². The van der Waals surface area contributed by atoms with E-state index < -0.39 is 5.82 Å². The number of nitrogens with zero attached hydrogens (tertiary/aromatic N) is 3. The van der Waals surface area contributed by atoms with Gasteiger partial charge in [0.2, 0.25) is 0 Å². The summed E-state index contributed by atoms with van der Waals surface area (Å²) in [6.45, 7) is 2.42. The van der Waals surface area contributed by atoms with E-state index in [2.05, 4.69) is 25.5 Å². The van der Waals surface area contributed by atoms with Crippen LogP contribution in [0, 0.1) is 11.6 Å². The maximum atomic E-state index is 14.9. The van der Waals surface area contributed by atoms with Crippen molar-refractivity contribution >= 4 is 34.0 Å². The van der Waals surface area contributed by atoms with Crippen molar-refractivity contribution in [1.29, 1.82) is 0 Å². The molecule has 1 aliphatic rings. The SMILES string of the molecule is CN1CCNCC1c1cc2ncnc(Nc3ccc(F)c(Cl)c3)c2cc1F. The Kier molecular flexibility index (Phi) is 4.90. The molecular weight excluding hydrogens is 372 g/mol. The van der Waals surface area contributed by atoms with Crippen LogP contribution in [0.5, 0.6) is 0 Å². The summed E-state index contributed by atoms with van der Waals surface area (Å²) in [6.07, 6.45) is 1.42. The van der Waals surface area contributed by atoms with E-state index in [0.717, 1.165) is 13.1 Å². The molecule has 0 aliphatic carbocycles. The van der Waals surface area contributed by atoms with E-state index in [4.69, 9.17) is 11.6 Å². The van der Waals surface area contributed by atoms with Crippen molar-refractivity contribution in [2.45, 2.75) is 6.04 Å². The molecule has 1 aliphatic heterocycles. The van der Waals surface area contributed by atoms with Gasteiger partial charge in [0.1, 0.15) is 23.8 Å². The molecule has 1 saturated heterocycles. The third-order valence-electron chi connectivity index (χ3n) is 4.81. The molecule has 5 nitrogen and oxygen atoms in total. The van der Waals surface area contributed by atoms with Crippen LogP contribution in [0.1, 0.15) is 11.6 Å². The molecule has 1 unspecified atom stereocenters. The van der Waals surface area contributed by atoms with Crippen LogP contribution in [0.25, 0.3) is 10.9 Å². The molecular formula is C19H18ClF2N5. The van der Waals surface area contributed by atoms with Crippen LogP contribution in [0.2, 0.25) is 5.02 Å². The fraction of sp³-hybridized carbons (Fsp3) is 0.263. The van der Waals surface area contributed by atoms with Crippen molar-refractivity contribution in [3.8, 4) is 0 Å². The van der Waals surface area contributed by atoms with E-state index in [1.165, 1.54) is 24.5 Å². The maximum Gasteiger partial charge on any atom is 0.141 e. The van der Waals surface area contributed by atoms with Gasteiger partial charge in [-0.3, -0.25) is 4.90 Å². The number of benzene rings is 2. The van der Waals surface area contributed by atoms with E-state index >= 15 is 0 Å². The first-order valence-corrected chi connectivity index (χ1v) is 8.98. The highest BCUT2D eigenvalue weighted by molar-refractivity contribution is 6.31. The van der Waals surface area contributed by atoms with Crippen molar-refractivity contribution in [2.24, 2.45) is 0 Å². The molecule has 4 rings (SSSR count). The van der Waals surface area contributed by atoms with E-state index in [9.17, 15) is 8.78 Å². The molecule has 140 valence electrons. The van der Waals surface area contributed by atoms with Crippen LogP contribution in [-0.2, 0) is 0 Å². The van der Waals surface area contributed by atoms with Gasteiger partial charge < -0.3 is 10.6 Å². The van der Waals surface area contributed by atoms with Gasteiger partial charge in [0.15, 0.2) is 0 Å². The molecule has 8 heteroatoms. The average Bonchev–Trinajstić information content (AvgIpc) is 2.65. The molecule has 1 fully saturated rings. The van der Waals surface area contributed by atoms with Crippen LogP contribution < -0.4 is 10.6 Å². The van der Waals surface area contributed by atoms with Crippen LogP contribution in [0.3, 0.4) is 0 Å². The highest BCUT2D eigenvalue weighted by atomic mass is 35.5. The Labute approximate surface area is 160 Å². The monoisotopic (exact) mass is 389 g/mol. The normalized spacial score (nSPS) is 18.0. The average molecular weight is 390 g/mol. The van der Waals surface area contributed by atoms with Gasteiger partial charge in [0, 0.05) is 42.3 Å². The van der Waals surface area contributed by atoms with Gasteiger partial charge in [-0.1, -0.05) is 11.6 Å². The number of aromatic nitrogens is 2. The van der Waals surface area contributed by atoms with Crippen molar-refractivity contribution in [3.05, 3.63) is 58.9 Å². The lowest BCUT2D eigenvalue weighted by Gasteiger charge is -2.33. The first-order chi connectivity index (χ1) is 13.0. The van der Waals surface area contributed by atoms with Gasteiger partial charge in [0.05, 0.1) is 10.5 Å². The number of piperazine rings is 1. The standard InChI is InChI=1S/C19H18ClF2N5/c1-27-5-4-23-9-18(27)12-8-17-13(7-16(12)22)19(25-10-24-17)26-11-2-3-15(21)14(20)6-11/h2-3,6-8,10,18,23H,4-5,9H2,1H3,(H,24,25,26). The molecule has 2 N–H and O–H groups in total. The Morgan fingerprint density at radius 3 is 2.81 bits per heavy atom. The van der Waals surface area contributed by atoms with Gasteiger partial charge in [-0.2, -0.15) is 0 Å². The number of hydrogen-bond donors (Lipinski definition) is 2. The van der Waals surface area contributed by atoms with Crippen molar-refractivity contribution in [3.63, 3.8) is 0 Å². The predicted octanol–water partition coefficient (Wildman–Crippen LogP) is 3.88. The second-order valence-electron chi connectivity index (χ2n) is 6.57. The minimum atomic E-state index is -0.504. The summed E-state index contributed by atoms with van der Waals surface area (Å²) in [5.74, 6) is -0.378. The summed E-state index contributed by atoms with van der Waals surface area (Å²) in [7, 11) is 1.99. The first-order valence-electron chi connectivity index (χ1n) is 8.60. The van der Waals surface area contributed by atoms with Crippen LogP contribution >= 0.6 is 11.6 Å². The quantitative estimate of drug-likeness (QED) is 0.712. The summed E-state index contributed by atoms with van der Waals surface area (Å²) in [4.78, 5) is 10.6. The molecule has 0 radical (unpaired) electrons. The summed E-state index contributed by atoms with van der Waals surface area (Å²) in [5, 5.41) is 6.90. The van der Waals surface area contributed by atoms with Crippen molar-refractivity contribution in [2.75, 3.05) is 32.0 Å². The lowest BCUT2D eigenvalue weighted by atomic mass is 10.0. The Morgan fingerprint density at radius 1 is 1.19 bits per heavy atom. The lowest BCUT2D eigenvalue weighted by molar-refractivity contribution is 0.198. The van der Waals surface area contributed by atoms with Gasteiger partial charge in [0.25, 0.3) is 0 Å². The first kappa shape index (κ1) is 18.0. The maximum absolute atomic E-state index is 14.9. The van der Waals surface area contributed by atoms with Crippen LogP contribution in [0.15, 0.2) is 36.7 Å². The Balaban J connectivity index is 1.73. The molecule has 3 aromatic rings.